The third kappa shape index (κ3) is 2.47. The predicted octanol–water partition coefficient (Wildman–Crippen LogP) is 4.33. The molecule has 1 N–H and O–H groups in total. The molecule has 5 nitrogen and oxygen atoms in total. The van der Waals surface area contributed by atoms with E-state index in [0.717, 1.165) is 17.7 Å². The predicted molar refractivity (Wildman–Crippen MR) is 116 cm³/mol. The van der Waals surface area contributed by atoms with Crippen LogP contribution in [-0.2, 0) is 11.8 Å². The summed E-state index contributed by atoms with van der Waals surface area (Å²) in [5.41, 5.74) is 3.44. The van der Waals surface area contributed by atoms with Crippen LogP contribution in [0.4, 0.5) is 0 Å². The number of rotatable bonds is 2. The van der Waals surface area contributed by atoms with Gasteiger partial charge in [-0.1, -0.05) is 51.1 Å². The summed E-state index contributed by atoms with van der Waals surface area (Å²) >= 11 is 0. The highest BCUT2D eigenvalue weighted by atomic mass is 16.3. The van der Waals surface area contributed by atoms with E-state index in [-0.39, 0.29) is 22.8 Å². The molecule has 2 aromatic carbocycles. The number of fused-ring (bicyclic) bond motifs is 4. The van der Waals surface area contributed by atoms with Gasteiger partial charge in [-0.3, -0.25) is 4.79 Å². The highest BCUT2D eigenvalue weighted by Crippen LogP contribution is 2.57. The maximum Gasteiger partial charge on any atom is 0.272 e. The molecule has 1 saturated heterocycles. The van der Waals surface area contributed by atoms with Crippen LogP contribution >= 0.6 is 0 Å². The van der Waals surface area contributed by atoms with Gasteiger partial charge in [0.15, 0.2) is 0 Å². The highest BCUT2D eigenvalue weighted by Gasteiger charge is 2.57. The van der Waals surface area contributed by atoms with Crippen LogP contribution in [0.3, 0.4) is 0 Å². The van der Waals surface area contributed by atoms with E-state index < -0.39 is 0 Å². The van der Waals surface area contributed by atoms with Gasteiger partial charge in [0, 0.05) is 18.0 Å². The molecule has 1 aliphatic heterocycles. The Morgan fingerprint density at radius 3 is 2.60 bits per heavy atom. The van der Waals surface area contributed by atoms with Gasteiger partial charge in [0.2, 0.25) is 0 Å². The van der Waals surface area contributed by atoms with Gasteiger partial charge >= 0.3 is 0 Å². The summed E-state index contributed by atoms with van der Waals surface area (Å²) in [5.74, 6) is 0.332. The first kappa shape index (κ1) is 18.9. The van der Waals surface area contributed by atoms with Crippen LogP contribution in [-0.4, -0.2) is 38.3 Å². The van der Waals surface area contributed by atoms with E-state index >= 15 is 0 Å². The molecule has 2 aliphatic rings. The van der Waals surface area contributed by atoms with Crippen molar-refractivity contribution >= 4 is 5.91 Å². The first-order valence-corrected chi connectivity index (χ1v) is 10.6. The van der Waals surface area contributed by atoms with Gasteiger partial charge in [0.25, 0.3) is 5.91 Å². The van der Waals surface area contributed by atoms with Crippen molar-refractivity contribution in [3.63, 3.8) is 0 Å². The Balaban J connectivity index is 1.57. The zero-order chi connectivity index (χ0) is 21.1. The van der Waals surface area contributed by atoms with E-state index in [1.54, 1.807) is 23.0 Å². The fourth-order valence-corrected chi connectivity index (χ4v) is 5.56. The van der Waals surface area contributed by atoms with E-state index in [4.69, 9.17) is 0 Å². The molecule has 3 aromatic rings. The summed E-state index contributed by atoms with van der Waals surface area (Å²) in [7, 11) is 0. The molecule has 30 heavy (non-hydrogen) atoms. The van der Waals surface area contributed by atoms with Crippen molar-refractivity contribution < 1.29 is 9.90 Å². The Bertz CT molecular complexity index is 1120. The van der Waals surface area contributed by atoms with Crippen molar-refractivity contribution in [3.05, 3.63) is 77.6 Å². The van der Waals surface area contributed by atoms with Gasteiger partial charge in [-0.05, 0) is 53.6 Å². The van der Waals surface area contributed by atoms with Crippen molar-refractivity contribution in [3.8, 4) is 11.4 Å². The van der Waals surface area contributed by atoms with Crippen molar-refractivity contribution in [2.45, 2.75) is 45.1 Å². The van der Waals surface area contributed by atoms with Crippen LogP contribution in [0.15, 0.2) is 60.8 Å². The molecular formula is C25H27N3O2. The molecule has 5 heteroatoms. The van der Waals surface area contributed by atoms with Crippen LogP contribution in [0.5, 0.6) is 5.75 Å². The van der Waals surface area contributed by atoms with Gasteiger partial charge < -0.3 is 10.0 Å². The van der Waals surface area contributed by atoms with Crippen molar-refractivity contribution in [2.24, 2.45) is 5.41 Å². The Kier molecular flexibility index (Phi) is 4.07. The van der Waals surface area contributed by atoms with Gasteiger partial charge in [0.1, 0.15) is 11.4 Å². The number of carbonyl (C=O) groups is 1. The fraction of sp³-hybridized carbons (Fsp3) is 0.360. The van der Waals surface area contributed by atoms with Crippen LogP contribution in [0, 0.1) is 5.41 Å². The van der Waals surface area contributed by atoms with E-state index in [1.807, 2.05) is 41.3 Å². The second-order valence-corrected chi connectivity index (χ2v) is 9.29. The highest BCUT2D eigenvalue weighted by molar-refractivity contribution is 5.93. The molecule has 2 atom stereocenters. The zero-order valence-corrected chi connectivity index (χ0v) is 17.7. The van der Waals surface area contributed by atoms with Crippen LogP contribution < -0.4 is 0 Å². The molecule has 1 aromatic heterocycles. The average Bonchev–Trinajstić information content (AvgIpc) is 3.21. The van der Waals surface area contributed by atoms with Crippen molar-refractivity contribution in [1.82, 2.24) is 14.7 Å². The monoisotopic (exact) mass is 401 g/mol. The summed E-state index contributed by atoms with van der Waals surface area (Å²) < 4.78 is 1.72. The van der Waals surface area contributed by atoms with Crippen molar-refractivity contribution in [2.75, 3.05) is 6.54 Å². The molecular weight excluding hydrogens is 374 g/mol. The van der Waals surface area contributed by atoms with E-state index in [2.05, 4.69) is 31.9 Å². The average molecular weight is 402 g/mol. The normalized spacial score (nSPS) is 24.4. The number of piperidine rings is 1. The minimum atomic E-state index is -0.126. The van der Waals surface area contributed by atoms with Crippen LogP contribution in [0.25, 0.3) is 5.69 Å². The molecule has 2 heterocycles. The lowest BCUT2D eigenvalue weighted by molar-refractivity contribution is -0.0270. The number of aromatic nitrogens is 2. The topological polar surface area (TPSA) is 58.4 Å². The fourth-order valence-electron chi connectivity index (χ4n) is 5.56. The second-order valence-electron chi connectivity index (χ2n) is 9.29. The SMILES string of the molecule is CC1(C)[C@@H]2Cc3c(O)cccc3[C@]1(C)CCN2C(=O)c1ccnn1-c1ccccc1. The lowest BCUT2D eigenvalue weighted by atomic mass is 9.51. The largest absolute Gasteiger partial charge is 0.508 e. The number of phenolic OH excluding ortho intramolecular Hbond substituents is 1. The molecule has 1 aliphatic carbocycles. The van der Waals surface area contributed by atoms with E-state index in [9.17, 15) is 9.90 Å². The van der Waals surface area contributed by atoms with Gasteiger partial charge in [-0.15, -0.1) is 0 Å². The first-order valence-electron chi connectivity index (χ1n) is 10.6. The van der Waals surface area contributed by atoms with E-state index in [0.29, 0.717) is 24.4 Å². The molecule has 154 valence electrons. The number of hydrogen-bond donors (Lipinski definition) is 1. The summed E-state index contributed by atoms with van der Waals surface area (Å²) in [6.45, 7) is 7.50. The molecule has 0 spiro atoms. The number of likely N-dealkylation sites (tertiary alicyclic amines) is 1. The Morgan fingerprint density at radius 2 is 1.83 bits per heavy atom. The Labute approximate surface area is 177 Å². The number of carbonyl (C=O) groups excluding carboxylic acids is 1. The summed E-state index contributed by atoms with van der Waals surface area (Å²) in [6, 6.07) is 17.4. The van der Waals surface area contributed by atoms with Crippen molar-refractivity contribution in [1.29, 1.82) is 0 Å². The smallest absolute Gasteiger partial charge is 0.272 e. The number of para-hydroxylation sites is 1. The lowest BCUT2D eigenvalue weighted by Crippen LogP contribution is -2.65. The Hall–Kier alpha value is -3.08. The molecule has 0 radical (unpaired) electrons. The maximum absolute atomic E-state index is 13.7. The summed E-state index contributed by atoms with van der Waals surface area (Å²) in [5, 5.41) is 15.0. The molecule has 1 amide bonds. The molecule has 0 saturated carbocycles. The lowest BCUT2D eigenvalue weighted by Gasteiger charge is -2.60. The summed E-state index contributed by atoms with van der Waals surface area (Å²) in [4.78, 5) is 15.8. The molecule has 2 bridgehead atoms. The maximum atomic E-state index is 13.7. The minimum Gasteiger partial charge on any atom is -0.508 e. The van der Waals surface area contributed by atoms with Gasteiger partial charge in [-0.25, -0.2) is 4.68 Å². The summed E-state index contributed by atoms with van der Waals surface area (Å²) in [6.07, 6.45) is 3.20. The zero-order valence-electron chi connectivity index (χ0n) is 17.7. The number of benzene rings is 2. The number of aromatic hydroxyl groups is 1. The quantitative estimate of drug-likeness (QED) is 0.695. The number of phenols is 1. The molecule has 0 unspecified atom stereocenters. The number of nitrogens with zero attached hydrogens (tertiary/aromatic N) is 3. The molecule has 1 fully saturated rings. The Morgan fingerprint density at radius 1 is 1.07 bits per heavy atom. The number of amides is 1. The van der Waals surface area contributed by atoms with Gasteiger partial charge in [0.05, 0.1) is 11.9 Å². The van der Waals surface area contributed by atoms with Crippen LogP contribution in [0.2, 0.25) is 0 Å². The molecule has 5 rings (SSSR count). The van der Waals surface area contributed by atoms with Gasteiger partial charge in [-0.2, -0.15) is 5.10 Å². The third-order valence-corrected chi connectivity index (χ3v) is 7.75. The standard InChI is InChI=1S/C25H27N3O2/c1-24(2)22-16-18-19(10-7-11-21(18)29)25(24,3)13-15-27(22)23(30)20-12-14-26-28(20)17-8-5-4-6-9-17/h4-12,14,22,29H,13,15-16H2,1-3H3/t22-,25-/m0/s1. The second kappa shape index (κ2) is 6.46. The number of hydrogen-bond acceptors (Lipinski definition) is 3. The minimum absolute atomic E-state index is 0.00340. The van der Waals surface area contributed by atoms with Crippen LogP contribution in [0.1, 0.15) is 48.8 Å². The first-order chi connectivity index (χ1) is 14.3. The third-order valence-electron chi connectivity index (χ3n) is 7.75. The van der Waals surface area contributed by atoms with E-state index in [1.165, 1.54) is 5.56 Å².